The molecule has 2 aromatic rings. The maximum Gasteiger partial charge on any atom is 0.341 e. The molecule has 0 bridgehead atoms. The van der Waals surface area contributed by atoms with Gasteiger partial charge in [0, 0.05) is 16.9 Å². The van der Waals surface area contributed by atoms with E-state index in [0.29, 0.717) is 0 Å². The Labute approximate surface area is 114 Å². The Balaban J connectivity index is 2.76. The third-order valence-electron chi connectivity index (χ3n) is 2.50. The number of hydrogen-bond donors (Lipinski definition) is 0. The monoisotopic (exact) mass is 302 g/mol. The number of rotatable bonds is 3. The first kappa shape index (κ1) is 13.8. The molecule has 8 heteroatoms. The number of esters is 1. The van der Waals surface area contributed by atoms with E-state index in [1.54, 1.807) is 6.92 Å². The largest absolute Gasteiger partial charge is 0.462 e. The van der Waals surface area contributed by atoms with Crippen LogP contribution in [0.2, 0.25) is 0 Å². The smallest absolute Gasteiger partial charge is 0.341 e. The van der Waals surface area contributed by atoms with E-state index in [1.807, 2.05) is 0 Å². The number of nitrogens with zero attached hydrogens (tertiary/aromatic N) is 2. The summed E-state index contributed by atoms with van der Waals surface area (Å²) < 4.78 is 29.2. The van der Waals surface area contributed by atoms with Gasteiger partial charge < -0.3 is 4.74 Å². The van der Waals surface area contributed by atoms with Crippen LogP contribution in [0, 0.1) is 6.92 Å². The number of fused-ring (bicyclic) bond motifs is 1. The van der Waals surface area contributed by atoms with Gasteiger partial charge in [0.25, 0.3) is 9.05 Å². The lowest BCUT2D eigenvalue weighted by atomic mass is 10.3. The fourth-order valence-corrected chi connectivity index (χ4v) is 3.16. The van der Waals surface area contributed by atoms with Crippen LogP contribution in [0.15, 0.2) is 23.4 Å². The summed E-state index contributed by atoms with van der Waals surface area (Å²) in [6, 6.07) is 3.05. The van der Waals surface area contributed by atoms with Crippen LogP contribution in [-0.2, 0) is 13.8 Å². The summed E-state index contributed by atoms with van der Waals surface area (Å²) in [7, 11) is 1.42. The highest BCUT2D eigenvalue weighted by Crippen LogP contribution is 2.23. The summed E-state index contributed by atoms with van der Waals surface area (Å²) in [5.74, 6) is -0.559. The fraction of sp³-hybridized carbons (Fsp3) is 0.273. The molecule has 19 heavy (non-hydrogen) atoms. The molecule has 0 amide bonds. The zero-order chi connectivity index (χ0) is 14.2. The third-order valence-corrected chi connectivity index (χ3v) is 3.89. The average molecular weight is 303 g/mol. The van der Waals surface area contributed by atoms with Crippen LogP contribution in [-0.4, -0.2) is 30.4 Å². The van der Waals surface area contributed by atoms with Crippen molar-refractivity contribution in [3.63, 3.8) is 0 Å². The fourth-order valence-electron chi connectivity index (χ4n) is 1.82. The molecule has 0 atom stereocenters. The van der Waals surface area contributed by atoms with E-state index in [2.05, 4.69) is 4.98 Å². The van der Waals surface area contributed by atoms with Crippen molar-refractivity contribution >= 4 is 31.3 Å². The summed E-state index contributed by atoms with van der Waals surface area (Å²) in [6.07, 6.45) is 1.48. The number of halogens is 1. The molecule has 0 fully saturated rings. The zero-order valence-electron chi connectivity index (χ0n) is 10.3. The highest BCUT2D eigenvalue weighted by atomic mass is 35.7. The predicted molar refractivity (Wildman–Crippen MR) is 68.9 cm³/mol. The SMILES string of the molecule is CCOC(=O)c1cccn2c(S(=O)(=O)Cl)c(C)nc12. The van der Waals surface area contributed by atoms with E-state index in [-0.39, 0.29) is 28.5 Å². The van der Waals surface area contributed by atoms with Gasteiger partial charge in [-0.15, -0.1) is 0 Å². The second-order valence-corrected chi connectivity index (χ2v) is 6.26. The Bertz CT molecular complexity index is 751. The molecular formula is C11H11ClN2O4S. The molecule has 2 rings (SSSR count). The van der Waals surface area contributed by atoms with Gasteiger partial charge in [-0.05, 0) is 26.0 Å². The number of carbonyl (C=O) groups is 1. The molecule has 2 aromatic heterocycles. The van der Waals surface area contributed by atoms with Crippen molar-refractivity contribution in [2.75, 3.05) is 6.61 Å². The molecule has 2 heterocycles. The van der Waals surface area contributed by atoms with Crippen molar-refractivity contribution in [2.24, 2.45) is 0 Å². The number of hydrogen-bond acceptors (Lipinski definition) is 5. The van der Waals surface area contributed by atoms with Crippen molar-refractivity contribution in [3.05, 3.63) is 29.6 Å². The van der Waals surface area contributed by atoms with Crippen molar-refractivity contribution in [2.45, 2.75) is 18.9 Å². The van der Waals surface area contributed by atoms with Gasteiger partial charge in [-0.1, -0.05) is 0 Å². The van der Waals surface area contributed by atoms with Crippen molar-refractivity contribution in [1.29, 1.82) is 0 Å². The van der Waals surface area contributed by atoms with E-state index in [0.717, 1.165) is 0 Å². The van der Waals surface area contributed by atoms with Gasteiger partial charge in [-0.2, -0.15) is 0 Å². The van der Waals surface area contributed by atoms with E-state index in [9.17, 15) is 13.2 Å². The van der Waals surface area contributed by atoms with Crippen molar-refractivity contribution in [1.82, 2.24) is 9.38 Å². The minimum Gasteiger partial charge on any atom is -0.462 e. The highest BCUT2D eigenvalue weighted by molar-refractivity contribution is 8.13. The maximum absolute atomic E-state index is 11.8. The van der Waals surface area contributed by atoms with E-state index in [4.69, 9.17) is 15.4 Å². The Morgan fingerprint density at radius 1 is 1.53 bits per heavy atom. The number of aryl methyl sites for hydroxylation is 1. The van der Waals surface area contributed by atoms with Gasteiger partial charge in [0.1, 0.15) is 5.56 Å². The normalized spacial score (nSPS) is 11.7. The van der Waals surface area contributed by atoms with Gasteiger partial charge in [0.05, 0.1) is 12.3 Å². The molecule has 0 unspecified atom stereocenters. The number of aromatic nitrogens is 2. The van der Waals surface area contributed by atoms with E-state index in [1.165, 1.54) is 29.7 Å². The average Bonchev–Trinajstić information content (AvgIpc) is 2.64. The minimum atomic E-state index is -3.95. The number of pyridine rings is 1. The summed E-state index contributed by atoms with van der Waals surface area (Å²) in [4.78, 5) is 15.9. The van der Waals surface area contributed by atoms with E-state index >= 15 is 0 Å². The summed E-state index contributed by atoms with van der Waals surface area (Å²) >= 11 is 0. The molecule has 0 aromatic carbocycles. The molecular weight excluding hydrogens is 292 g/mol. The highest BCUT2D eigenvalue weighted by Gasteiger charge is 2.23. The molecule has 102 valence electrons. The van der Waals surface area contributed by atoms with Gasteiger partial charge in [0.2, 0.25) is 0 Å². The van der Waals surface area contributed by atoms with Gasteiger partial charge in [-0.3, -0.25) is 4.40 Å². The summed E-state index contributed by atoms with van der Waals surface area (Å²) in [5.41, 5.74) is 0.628. The molecule has 0 saturated heterocycles. The third kappa shape index (κ3) is 2.43. The van der Waals surface area contributed by atoms with Gasteiger partial charge in [0.15, 0.2) is 10.7 Å². The standard InChI is InChI=1S/C11H11ClN2O4S/c1-3-18-11(15)8-5-4-6-14-9(8)13-7(2)10(14)19(12,16)17/h4-6H,3H2,1-2H3. The van der Waals surface area contributed by atoms with Crippen LogP contribution in [0.1, 0.15) is 23.0 Å². The lowest BCUT2D eigenvalue weighted by molar-refractivity contribution is 0.0528. The van der Waals surface area contributed by atoms with Crippen LogP contribution in [0.4, 0.5) is 0 Å². The molecule has 0 radical (unpaired) electrons. The van der Waals surface area contributed by atoms with Gasteiger partial charge >= 0.3 is 5.97 Å². The molecule has 0 spiro atoms. The zero-order valence-corrected chi connectivity index (χ0v) is 11.8. The first-order valence-electron chi connectivity index (χ1n) is 5.45. The Hall–Kier alpha value is -1.60. The first-order valence-corrected chi connectivity index (χ1v) is 7.76. The van der Waals surface area contributed by atoms with Gasteiger partial charge in [-0.25, -0.2) is 18.2 Å². The second-order valence-electron chi connectivity index (χ2n) is 3.78. The molecule has 0 N–H and O–H groups in total. The predicted octanol–water partition coefficient (Wildman–Crippen LogP) is 1.75. The minimum absolute atomic E-state index is 0.143. The lowest BCUT2D eigenvalue weighted by Gasteiger charge is -2.04. The number of ether oxygens (including phenoxy) is 1. The second kappa shape index (κ2) is 4.82. The van der Waals surface area contributed by atoms with E-state index < -0.39 is 15.0 Å². The Morgan fingerprint density at radius 3 is 2.79 bits per heavy atom. The summed E-state index contributed by atoms with van der Waals surface area (Å²) in [5, 5.41) is -0.143. The van der Waals surface area contributed by atoms with Crippen LogP contribution < -0.4 is 0 Å². The molecule has 0 aliphatic carbocycles. The first-order chi connectivity index (χ1) is 8.86. The maximum atomic E-state index is 11.8. The topological polar surface area (TPSA) is 77.7 Å². The van der Waals surface area contributed by atoms with Crippen LogP contribution in [0.3, 0.4) is 0 Å². The molecule has 6 nitrogen and oxygen atoms in total. The molecule has 0 aliphatic rings. The number of carbonyl (C=O) groups excluding carboxylic acids is 1. The van der Waals surface area contributed by atoms with Crippen LogP contribution in [0.25, 0.3) is 5.65 Å². The molecule has 0 aliphatic heterocycles. The lowest BCUT2D eigenvalue weighted by Crippen LogP contribution is -2.07. The number of imidazole rings is 1. The van der Waals surface area contributed by atoms with Crippen LogP contribution >= 0.6 is 10.7 Å². The van der Waals surface area contributed by atoms with Crippen LogP contribution in [0.5, 0.6) is 0 Å². The quantitative estimate of drug-likeness (QED) is 0.637. The Morgan fingerprint density at radius 2 is 2.21 bits per heavy atom. The summed E-state index contributed by atoms with van der Waals surface area (Å²) in [6.45, 7) is 3.42. The molecule has 0 saturated carbocycles. The Kier molecular flexibility index (Phi) is 3.51. The van der Waals surface area contributed by atoms with Crippen molar-refractivity contribution < 1.29 is 17.9 Å². The van der Waals surface area contributed by atoms with Crippen molar-refractivity contribution in [3.8, 4) is 0 Å².